The molecule has 0 radical (unpaired) electrons. The molecule has 0 aromatic heterocycles. The summed E-state index contributed by atoms with van der Waals surface area (Å²) in [5, 5.41) is 0.288. The van der Waals surface area contributed by atoms with Crippen molar-refractivity contribution in [1.29, 1.82) is 0 Å². The van der Waals surface area contributed by atoms with Crippen molar-refractivity contribution < 1.29 is 13.2 Å². The standard InChI is InChI=1S/C14H21ClN2O3S/c1-17-9-3-4-11(17)7-8-16-21(18,19)12-5-6-14(20-2)13(15)10-12/h5-6,10-11,16H,3-4,7-9H2,1-2H3. The van der Waals surface area contributed by atoms with E-state index >= 15 is 0 Å². The van der Waals surface area contributed by atoms with Crippen molar-refractivity contribution in [3.05, 3.63) is 23.2 Å². The summed E-state index contributed by atoms with van der Waals surface area (Å²) in [6.45, 7) is 1.52. The lowest BCUT2D eigenvalue weighted by atomic mass is 10.1. The van der Waals surface area contributed by atoms with Gasteiger partial charge in [-0.25, -0.2) is 13.1 Å². The first-order chi connectivity index (χ1) is 9.94. The van der Waals surface area contributed by atoms with E-state index in [0.29, 0.717) is 18.3 Å². The van der Waals surface area contributed by atoms with Crippen molar-refractivity contribution in [2.24, 2.45) is 0 Å². The van der Waals surface area contributed by atoms with Gasteiger partial charge >= 0.3 is 0 Å². The van der Waals surface area contributed by atoms with Gasteiger partial charge in [0.05, 0.1) is 17.0 Å². The van der Waals surface area contributed by atoms with Gasteiger partial charge in [-0.2, -0.15) is 0 Å². The van der Waals surface area contributed by atoms with Crippen molar-refractivity contribution >= 4 is 21.6 Å². The van der Waals surface area contributed by atoms with Gasteiger partial charge in [0.25, 0.3) is 0 Å². The molecule has 5 nitrogen and oxygen atoms in total. The zero-order valence-electron chi connectivity index (χ0n) is 12.3. The monoisotopic (exact) mass is 332 g/mol. The highest BCUT2D eigenvalue weighted by Crippen LogP contribution is 2.26. The fraction of sp³-hybridized carbons (Fsp3) is 0.571. The van der Waals surface area contributed by atoms with E-state index in [1.807, 2.05) is 0 Å². The van der Waals surface area contributed by atoms with Crippen LogP contribution in [0.1, 0.15) is 19.3 Å². The number of hydrogen-bond acceptors (Lipinski definition) is 4. The number of methoxy groups -OCH3 is 1. The Labute approximate surface area is 131 Å². The topological polar surface area (TPSA) is 58.6 Å². The quantitative estimate of drug-likeness (QED) is 0.866. The third-order valence-corrected chi connectivity index (χ3v) is 5.63. The number of nitrogens with one attached hydrogen (secondary N) is 1. The molecule has 1 fully saturated rings. The highest BCUT2D eigenvalue weighted by Gasteiger charge is 2.22. The van der Waals surface area contributed by atoms with Crippen LogP contribution in [0.15, 0.2) is 23.1 Å². The van der Waals surface area contributed by atoms with Crippen molar-refractivity contribution in [3.63, 3.8) is 0 Å². The number of halogens is 1. The zero-order chi connectivity index (χ0) is 15.5. The minimum Gasteiger partial charge on any atom is -0.495 e. The van der Waals surface area contributed by atoms with Gasteiger partial charge in [0.15, 0.2) is 0 Å². The van der Waals surface area contributed by atoms with E-state index in [9.17, 15) is 8.42 Å². The molecular weight excluding hydrogens is 312 g/mol. The summed E-state index contributed by atoms with van der Waals surface area (Å²) in [6.07, 6.45) is 3.13. The SMILES string of the molecule is COc1ccc(S(=O)(=O)NCCC2CCCN2C)cc1Cl. The number of likely N-dealkylation sites (tertiary alicyclic amines) is 1. The summed E-state index contributed by atoms with van der Waals surface area (Å²) < 4.78 is 32.1. The van der Waals surface area contributed by atoms with Crippen LogP contribution in [0.4, 0.5) is 0 Å². The fourth-order valence-electron chi connectivity index (χ4n) is 2.60. The summed E-state index contributed by atoms with van der Waals surface area (Å²) in [5.74, 6) is 0.461. The zero-order valence-corrected chi connectivity index (χ0v) is 13.9. The molecule has 1 aromatic rings. The molecule has 1 aromatic carbocycles. The number of hydrogen-bond donors (Lipinski definition) is 1. The van der Waals surface area contributed by atoms with Crippen LogP contribution >= 0.6 is 11.6 Å². The third kappa shape index (κ3) is 4.10. The van der Waals surface area contributed by atoms with Crippen LogP contribution < -0.4 is 9.46 Å². The second kappa shape index (κ2) is 6.96. The number of rotatable bonds is 6. The maximum atomic E-state index is 12.2. The Morgan fingerprint density at radius 1 is 1.48 bits per heavy atom. The maximum absolute atomic E-state index is 12.2. The van der Waals surface area contributed by atoms with Gasteiger partial charge in [-0.1, -0.05) is 11.6 Å². The van der Waals surface area contributed by atoms with E-state index in [-0.39, 0.29) is 9.92 Å². The van der Waals surface area contributed by atoms with Crippen molar-refractivity contribution in [2.75, 3.05) is 27.2 Å². The number of sulfonamides is 1. The van der Waals surface area contributed by atoms with E-state index < -0.39 is 10.0 Å². The second-order valence-corrected chi connectivity index (χ2v) is 7.43. The van der Waals surface area contributed by atoms with Gasteiger partial charge in [-0.3, -0.25) is 0 Å². The first-order valence-corrected chi connectivity index (χ1v) is 8.83. The molecule has 1 saturated heterocycles. The van der Waals surface area contributed by atoms with Gasteiger partial charge in [0.2, 0.25) is 10.0 Å². The molecule has 7 heteroatoms. The Morgan fingerprint density at radius 2 is 2.24 bits per heavy atom. The van der Waals surface area contributed by atoms with Crippen LogP contribution in [-0.2, 0) is 10.0 Å². The van der Waals surface area contributed by atoms with Crippen LogP contribution in [0.3, 0.4) is 0 Å². The lowest BCUT2D eigenvalue weighted by Gasteiger charge is -2.19. The van der Waals surface area contributed by atoms with E-state index in [4.69, 9.17) is 16.3 Å². The number of ether oxygens (including phenoxy) is 1. The normalized spacial score (nSPS) is 19.9. The first kappa shape index (κ1) is 16.5. The summed E-state index contributed by atoms with van der Waals surface area (Å²) in [5.41, 5.74) is 0. The van der Waals surface area contributed by atoms with Crippen LogP contribution in [0, 0.1) is 0 Å². The van der Waals surface area contributed by atoms with Gasteiger partial charge in [0.1, 0.15) is 5.75 Å². The van der Waals surface area contributed by atoms with Crippen LogP contribution in [0.5, 0.6) is 5.75 Å². The highest BCUT2D eigenvalue weighted by molar-refractivity contribution is 7.89. The molecule has 1 N–H and O–H groups in total. The van der Waals surface area contributed by atoms with Crippen LogP contribution in [-0.4, -0.2) is 46.6 Å². The lowest BCUT2D eigenvalue weighted by molar-refractivity contribution is 0.297. The molecular formula is C14H21ClN2O3S. The Kier molecular flexibility index (Phi) is 5.48. The molecule has 0 amide bonds. The molecule has 1 atom stereocenters. The minimum atomic E-state index is -3.53. The molecule has 0 bridgehead atoms. The smallest absolute Gasteiger partial charge is 0.240 e. The van der Waals surface area contributed by atoms with Gasteiger partial charge in [-0.15, -0.1) is 0 Å². The molecule has 0 saturated carbocycles. The number of benzene rings is 1. The summed E-state index contributed by atoms with van der Waals surface area (Å²) in [4.78, 5) is 2.44. The minimum absolute atomic E-state index is 0.160. The van der Waals surface area contributed by atoms with Gasteiger partial charge < -0.3 is 9.64 Å². The van der Waals surface area contributed by atoms with E-state index in [0.717, 1.165) is 19.4 Å². The van der Waals surface area contributed by atoms with E-state index in [1.165, 1.54) is 25.7 Å². The molecule has 2 rings (SSSR count). The first-order valence-electron chi connectivity index (χ1n) is 6.97. The summed E-state index contributed by atoms with van der Waals surface area (Å²) >= 11 is 5.97. The molecule has 0 spiro atoms. The summed E-state index contributed by atoms with van der Waals surface area (Å²) in [6, 6.07) is 4.92. The van der Waals surface area contributed by atoms with E-state index in [1.54, 1.807) is 6.07 Å². The summed E-state index contributed by atoms with van der Waals surface area (Å²) in [7, 11) is 0.0451. The molecule has 21 heavy (non-hydrogen) atoms. The average Bonchev–Trinajstić information content (AvgIpc) is 2.84. The predicted octanol–water partition coefficient (Wildman–Crippen LogP) is 2.11. The molecule has 118 valence electrons. The third-order valence-electron chi connectivity index (χ3n) is 3.87. The Bertz CT molecular complexity index is 592. The lowest BCUT2D eigenvalue weighted by Crippen LogP contribution is -2.31. The van der Waals surface area contributed by atoms with Gasteiger partial charge in [0, 0.05) is 12.6 Å². The predicted molar refractivity (Wildman–Crippen MR) is 83.5 cm³/mol. The average molecular weight is 333 g/mol. The van der Waals surface area contributed by atoms with Crippen LogP contribution in [0.25, 0.3) is 0 Å². The Morgan fingerprint density at radius 3 is 2.81 bits per heavy atom. The second-order valence-electron chi connectivity index (χ2n) is 5.26. The highest BCUT2D eigenvalue weighted by atomic mass is 35.5. The molecule has 1 aliphatic rings. The fourth-order valence-corrected chi connectivity index (χ4v) is 4.00. The molecule has 0 aliphatic carbocycles. The molecule has 1 unspecified atom stereocenters. The van der Waals surface area contributed by atoms with Crippen molar-refractivity contribution in [3.8, 4) is 5.75 Å². The molecule has 1 aliphatic heterocycles. The van der Waals surface area contributed by atoms with E-state index in [2.05, 4.69) is 16.7 Å². The Hall–Kier alpha value is -0.820. The van der Waals surface area contributed by atoms with Crippen LogP contribution in [0.2, 0.25) is 5.02 Å². The number of nitrogens with zero attached hydrogens (tertiary/aromatic N) is 1. The van der Waals surface area contributed by atoms with Crippen molar-refractivity contribution in [2.45, 2.75) is 30.2 Å². The largest absolute Gasteiger partial charge is 0.495 e. The Balaban J connectivity index is 1.96. The van der Waals surface area contributed by atoms with Gasteiger partial charge in [-0.05, 0) is 51.1 Å². The molecule has 1 heterocycles. The van der Waals surface area contributed by atoms with Crippen molar-refractivity contribution in [1.82, 2.24) is 9.62 Å². The maximum Gasteiger partial charge on any atom is 0.240 e.